The number of hydrogen-bond acceptors (Lipinski definition) is 4. The van der Waals surface area contributed by atoms with Gasteiger partial charge < -0.3 is 15.1 Å². The third kappa shape index (κ3) is 3.98. The SMILES string of the molecule is CC(C)SNc1cccc(C2Nc3ccc(C(=O)O)cc3CC2(C)C)c1. The van der Waals surface area contributed by atoms with Crippen LogP contribution in [-0.4, -0.2) is 16.3 Å². The lowest BCUT2D eigenvalue weighted by molar-refractivity contribution is 0.0696. The maximum atomic E-state index is 11.3. The van der Waals surface area contributed by atoms with E-state index >= 15 is 0 Å². The van der Waals surface area contributed by atoms with Crippen molar-refractivity contribution in [2.45, 2.75) is 45.4 Å². The van der Waals surface area contributed by atoms with E-state index in [4.69, 9.17) is 0 Å². The number of nitrogens with one attached hydrogen (secondary N) is 2. The number of rotatable bonds is 5. The van der Waals surface area contributed by atoms with Crippen LogP contribution in [0.25, 0.3) is 0 Å². The molecule has 4 nitrogen and oxygen atoms in total. The summed E-state index contributed by atoms with van der Waals surface area (Å²) in [5, 5.41) is 13.4. The maximum absolute atomic E-state index is 11.3. The minimum Gasteiger partial charge on any atom is -0.478 e. The molecule has 1 aliphatic rings. The summed E-state index contributed by atoms with van der Waals surface area (Å²) in [6, 6.07) is 14.0. The third-order valence-corrected chi connectivity index (χ3v) is 5.54. The lowest BCUT2D eigenvalue weighted by Gasteiger charge is -2.41. The summed E-state index contributed by atoms with van der Waals surface area (Å²) >= 11 is 1.71. The summed E-state index contributed by atoms with van der Waals surface area (Å²) in [6.07, 6.45) is 0.833. The quantitative estimate of drug-likeness (QED) is 0.599. The summed E-state index contributed by atoms with van der Waals surface area (Å²) in [6.45, 7) is 8.78. The van der Waals surface area contributed by atoms with Crippen molar-refractivity contribution in [1.29, 1.82) is 0 Å². The van der Waals surface area contributed by atoms with E-state index < -0.39 is 5.97 Å². The molecule has 1 aliphatic heterocycles. The molecule has 2 aromatic rings. The third-order valence-electron chi connectivity index (χ3n) is 4.71. The minimum absolute atomic E-state index is 0.0338. The van der Waals surface area contributed by atoms with Crippen LogP contribution in [0.4, 0.5) is 11.4 Å². The Balaban J connectivity index is 1.89. The molecule has 5 heteroatoms. The first kappa shape index (κ1) is 18.6. The summed E-state index contributed by atoms with van der Waals surface area (Å²) in [4.78, 5) is 11.3. The summed E-state index contributed by atoms with van der Waals surface area (Å²) in [7, 11) is 0. The van der Waals surface area contributed by atoms with Crippen LogP contribution in [-0.2, 0) is 6.42 Å². The number of fused-ring (bicyclic) bond motifs is 1. The number of anilines is 2. The van der Waals surface area contributed by atoms with Gasteiger partial charge in [0.05, 0.1) is 11.6 Å². The average molecular weight is 371 g/mol. The largest absolute Gasteiger partial charge is 0.478 e. The Bertz CT molecular complexity index is 817. The molecule has 0 spiro atoms. The van der Waals surface area contributed by atoms with Crippen LogP contribution in [0.1, 0.15) is 55.2 Å². The van der Waals surface area contributed by atoms with Gasteiger partial charge in [-0.05, 0) is 65.2 Å². The minimum atomic E-state index is -0.880. The Morgan fingerprint density at radius 2 is 2.04 bits per heavy atom. The normalized spacial score (nSPS) is 18.1. The van der Waals surface area contributed by atoms with E-state index in [0.29, 0.717) is 10.8 Å². The highest BCUT2D eigenvalue weighted by molar-refractivity contribution is 8.01. The highest BCUT2D eigenvalue weighted by Gasteiger charge is 2.36. The van der Waals surface area contributed by atoms with Gasteiger partial charge >= 0.3 is 5.97 Å². The zero-order valence-corrected chi connectivity index (χ0v) is 16.5. The van der Waals surface area contributed by atoms with Crippen molar-refractivity contribution in [3.05, 3.63) is 59.2 Å². The van der Waals surface area contributed by atoms with Gasteiger partial charge in [0.2, 0.25) is 0 Å². The van der Waals surface area contributed by atoms with Crippen molar-refractivity contribution in [1.82, 2.24) is 0 Å². The van der Waals surface area contributed by atoms with E-state index in [1.54, 1.807) is 24.1 Å². The molecule has 2 aromatic carbocycles. The van der Waals surface area contributed by atoms with Gasteiger partial charge in [0.15, 0.2) is 0 Å². The molecule has 1 atom stereocenters. The molecule has 26 heavy (non-hydrogen) atoms. The van der Waals surface area contributed by atoms with Gasteiger partial charge in [-0.2, -0.15) is 0 Å². The standard InChI is InChI=1S/C21H26N2O2S/c1-13(2)26-23-17-7-5-6-14(11-17)19-21(3,4)12-16-10-15(20(24)25)8-9-18(16)22-19/h5-11,13,19,22-23H,12H2,1-4H3,(H,24,25). The Morgan fingerprint density at radius 3 is 2.73 bits per heavy atom. The predicted octanol–water partition coefficient (Wildman–Crippen LogP) is 5.59. The van der Waals surface area contributed by atoms with E-state index in [2.05, 4.69) is 62.0 Å². The van der Waals surface area contributed by atoms with Crippen LogP contribution < -0.4 is 10.0 Å². The predicted molar refractivity (Wildman–Crippen MR) is 110 cm³/mol. The molecule has 0 radical (unpaired) electrons. The van der Waals surface area contributed by atoms with Crippen molar-refractivity contribution in [2.75, 3.05) is 10.0 Å². The van der Waals surface area contributed by atoms with Crippen LogP contribution in [0, 0.1) is 5.41 Å². The van der Waals surface area contributed by atoms with Crippen LogP contribution >= 0.6 is 11.9 Å². The number of carbonyl (C=O) groups is 1. The average Bonchev–Trinajstić information content (AvgIpc) is 2.58. The molecule has 0 fully saturated rings. The second-order valence-electron chi connectivity index (χ2n) is 7.81. The number of benzene rings is 2. The van der Waals surface area contributed by atoms with Crippen molar-refractivity contribution in [3.63, 3.8) is 0 Å². The van der Waals surface area contributed by atoms with Crippen LogP contribution in [0.15, 0.2) is 42.5 Å². The topological polar surface area (TPSA) is 61.4 Å². The Morgan fingerprint density at radius 1 is 1.27 bits per heavy atom. The molecule has 1 heterocycles. The van der Waals surface area contributed by atoms with E-state index in [1.807, 2.05) is 6.07 Å². The van der Waals surface area contributed by atoms with Crippen molar-refractivity contribution < 1.29 is 9.90 Å². The number of carboxylic acid groups (broad SMARTS) is 1. The van der Waals surface area contributed by atoms with E-state index in [1.165, 1.54) is 5.56 Å². The van der Waals surface area contributed by atoms with Gasteiger partial charge in [-0.3, -0.25) is 0 Å². The molecule has 0 saturated carbocycles. The zero-order chi connectivity index (χ0) is 18.9. The van der Waals surface area contributed by atoms with Crippen LogP contribution in [0.5, 0.6) is 0 Å². The summed E-state index contributed by atoms with van der Waals surface area (Å²) < 4.78 is 3.41. The molecular weight excluding hydrogens is 344 g/mol. The molecule has 0 aromatic heterocycles. The van der Waals surface area contributed by atoms with Gasteiger partial charge in [-0.25, -0.2) is 4.79 Å². The van der Waals surface area contributed by atoms with Gasteiger partial charge in [-0.1, -0.05) is 39.8 Å². The Kier molecular flexibility index (Phi) is 5.19. The Hall–Kier alpha value is -2.14. The zero-order valence-electron chi connectivity index (χ0n) is 15.7. The fourth-order valence-electron chi connectivity index (χ4n) is 3.46. The lowest BCUT2D eigenvalue weighted by Crippen LogP contribution is -2.35. The Labute approximate surface area is 159 Å². The highest BCUT2D eigenvalue weighted by atomic mass is 32.2. The van der Waals surface area contributed by atoms with Gasteiger partial charge in [0, 0.05) is 16.6 Å². The second kappa shape index (κ2) is 7.23. The van der Waals surface area contributed by atoms with Gasteiger partial charge in [0.1, 0.15) is 0 Å². The molecule has 0 aliphatic carbocycles. The van der Waals surface area contributed by atoms with E-state index in [9.17, 15) is 9.90 Å². The van der Waals surface area contributed by atoms with Gasteiger partial charge in [0.25, 0.3) is 0 Å². The van der Waals surface area contributed by atoms with Crippen molar-refractivity contribution in [2.24, 2.45) is 5.41 Å². The van der Waals surface area contributed by atoms with Crippen molar-refractivity contribution in [3.8, 4) is 0 Å². The van der Waals surface area contributed by atoms with Crippen LogP contribution in [0.2, 0.25) is 0 Å². The maximum Gasteiger partial charge on any atom is 0.335 e. The van der Waals surface area contributed by atoms with Gasteiger partial charge in [-0.15, -0.1) is 0 Å². The molecule has 1 unspecified atom stereocenters. The molecule has 138 valence electrons. The smallest absolute Gasteiger partial charge is 0.335 e. The number of hydrogen-bond donors (Lipinski definition) is 3. The van der Waals surface area contributed by atoms with Crippen molar-refractivity contribution >= 4 is 29.3 Å². The molecule has 0 saturated heterocycles. The first-order valence-electron chi connectivity index (χ1n) is 8.90. The molecular formula is C21H26N2O2S. The first-order chi connectivity index (χ1) is 12.3. The fraction of sp³-hybridized carbons (Fsp3) is 0.381. The highest BCUT2D eigenvalue weighted by Crippen LogP contribution is 2.45. The second-order valence-corrected chi connectivity index (χ2v) is 9.20. The molecule has 3 N–H and O–H groups in total. The van der Waals surface area contributed by atoms with E-state index in [0.717, 1.165) is 23.4 Å². The fourth-order valence-corrected chi connectivity index (χ4v) is 3.96. The molecule has 0 amide bonds. The lowest BCUT2D eigenvalue weighted by atomic mass is 9.72. The number of aromatic carboxylic acids is 1. The summed E-state index contributed by atoms with van der Waals surface area (Å²) in [5.74, 6) is -0.880. The molecule has 3 rings (SSSR count). The number of carboxylic acids is 1. The molecule has 0 bridgehead atoms. The first-order valence-corrected chi connectivity index (χ1v) is 9.78. The van der Waals surface area contributed by atoms with E-state index in [-0.39, 0.29) is 11.5 Å². The monoisotopic (exact) mass is 370 g/mol. The van der Waals surface area contributed by atoms with Crippen LogP contribution in [0.3, 0.4) is 0 Å². The summed E-state index contributed by atoms with van der Waals surface area (Å²) in [5.41, 5.74) is 4.73.